The average molecular weight is 327 g/mol. The standard InChI is InChI=1S/C23H34O/c1-7-15-23-18(17-11-8-9-13-19(17)24)12-10-14-20(23)21(3,4)16(2)22(23,5)6/h7-9,11,13,16,18,20,24H,1,10,12,14-15H2,2-6H3. The first-order valence-electron chi connectivity index (χ1n) is 9.60. The lowest BCUT2D eigenvalue weighted by Crippen LogP contribution is -2.47. The third kappa shape index (κ3) is 2.06. The molecule has 1 aromatic rings. The third-order valence-corrected chi connectivity index (χ3v) is 8.32. The van der Waals surface area contributed by atoms with Crippen molar-refractivity contribution in [2.45, 2.75) is 66.2 Å². The van der Waals surface area contributed by atoms with Gasteiger partial charge in [0.2, 0.25) is 0 Å². The molecule has 0 heterocycles. The van der Waals surface area contributed by atoms with E-state index in [2.05, 4.69) is 59.4 Å². The third-order valence-electron chi connectivity index (χ3n) is 8.32. The van der Waals surface area contributed by atoms with E-state index in [9.17, 15) is 5.11 Å². The van der Waals surface area contributed by atoms with Crippen molar-refractivity contribution in [2.24, 2.45) is 28.1 Å². The van der Waals surface area contributed by atoms with Crippen LogP contribution in [0.2, 0.25) is 0 Å². The summed E-state index contributed by atoms with van der Waals surface area (Å²) in [5.41, 5.74) is 1.86. The number of aromatic hydroxyl groups is 1. The van der Waals surface area contributed by atoms with Crippen molar-refractivity contribution >= 4 is 0 Å². The minimum absolute atomic E-state index is 0.175. The molecular weight excluding hydrogens is 292 g/mol. The van der Waals surface area contributed by atoms with Gasteiger partial charge >= 0.3 is 0 Å². The molecule has 0 saturated heterocycles. The molecule has 0 aromatic heterocycles. The van der Waals surface area contributed by atoms with Crippen molar-refractivity contribution in [2.75, 3.05) is 0 Å². The molecule has 0 radical (unpaired) electrons. The highest BCUT2D eigenvalue weighted by Gasteiger charge is 2.68. The highest BCUT2D eigenvalue weighted by atomic mass is 16.3. The van der Waals surface area contributed by atoms with Gasteiger partial charge in [0.1, 0.15) is 5.75 Å². The van der Waals surface area contributed by atoms with E-state index in [4.69, 9.17) is 0 Å². The smallest absolute Gasteiger partial charge is 0.119 e. The molecule has 2 fully saturated rings. The van der Waals surface area contributed by atoms with Gasteiger partial charge in [-0.3, -0.25) is 0 Å². The Morgan fingerprint density at radius 1 is 1.17 bits per heavy atom. The Morgan fingerprint density at radius 3 is 2.46 bits per heavy atom. The molecular formula is C23H34O. The van der Waals surface area contributed by atoms with Crippen molar-refractivity contribution in [1.82, 2.24) is 0 Å². The predicted octanol–water partition coefficient (Wildman–Crippen LogP) is 6.54. The number of phenols is 1. The van der Waals surface area contributed by atoms with Crippen LogP contribution < -0.4 is 0 Å². The number of benzene rings is 1. The molecule has 1 heteroatoms. The molecule has 3 rings (SSSR count). The number of rotatable bonds is 3. The van der Waals surface area contributed by atoms with Gasteiger partial charge in [0.15, 0.2) is 0 Å². The summed E-state index contributed by atoms with van der Waals surface area (Å²) in [6, 6.07) is 8.03. The lowest BCUT2D eigenvalue weighted by atomic mass is 9.49. The van der Waals surface area contributed by atoms with Crippen LogP contribution in [0, 0.1) is 28.1 Å². The summed E-state index contributed by atoms with van der Waals surface area (Å²) in [5, 5.41) is 10.6. The Bertz CT molecular complexity index is 627. The maximum absolute atomic E-state index is 10.6. The Morgan fingerprint density at radius 2 is 1.83 bits per heavy atom. The van der Waals surface area contributed by atoms with Crippen LogP contribution in [0.25, 0.3) is 0 Å². The first-order valence-corrected chi connectivity index (χ1v) is 9.60. The van der Waals surface area contributed by atoms with Gasteiger partial charge in [0.25, 0.3) is 0 Å². The van der Waals surface area contributed by atoms with E-state index < -0.39 is 0 Å². The summed E-state index contributed by atoms with van der Waals surface area (Å²) < 4.78 is 0. The van der Waals surface area contributed by atoms with Gasteiger partial charge in [-0.2, -0.15) is 0 Å². The van der Waals surface area contributed by atoms with E-state index in [0.29, 0.717) is 28.9 Å². The fourth-order valence-corrected chi connectivity index (χ4v) is 6.85. The SMILES string of the molecule is C=CCC12C(c3ccccc3O)CCCC1C(C)(C)C(C)C2(C)C. The van der Waals surface area contributed by atoms with E-state index in [1.54, 1.807) is 0 Å². The first kappa shape index (κ1) is 17.6. The van der Waals surface area contributed by atoms with Crippen LogP contribution in [-0.2, 0) is 0 Å². The first-order chi connectivity index (χ1) is 11.2. The molecule has 1 N–H and O–H groups in total. The van der Waals surface area contributed by atoms with Crippen molar-refractivity contribution in [3.05, 3.63) is 42.5 Å². The Labute approximate surface area is 148 Å². The van der Waals surface area contributed by atoms with Gasteiger partial charge in [0.05, 0.1) is 0 Å². The van der Waals surface area contributed by atoms with E-state index in [-0.39, 0.29) is 10.8 Å². The number of hydrogen-bond acceptors (Lipinski definition) is 1. The second-order valence-electron chi connectivity index (χ2n) is 9.39. The zero-order valence-corrected chi connectivity index (χ0v) is 16.1. The molecule has 24 heavy (non-hydrogen) atoms. The van der Waals surface area contributed by atoms with Crippen LogP contribution >= 0.6 is 0 Å². The molecule has 2 aliphatic carbocycles. The summed E-state index contributed by atoms with van der Waals surface area (Å²) in [6.45, 7) is 16.5. The minimum Gasteiger partial charge on any atom is -0.508 e. The van der Waals surface area contributed by atoms with Gasteiger partial charge in [-0.1, -0.05) is 65.3 Å². The zero-order valence-electron chi connectivity index (χ0n) is 16.1. The summed E-state index contributed by atoms with van der Waals surface area (Å²) in [6.07, 6.45) is 6.92. The highest BCUT2D eigenvalue weighted by molar-refractivity contribution is 5.39. The molecule has 0 bridgehead atoms. The summed E-state index contributed by atoms with van der Waals surface area (Å²) in [7, 11) is 0. The minimum atomic E-state index is 0.175. The maximum atomic E-state index is 10.6. The lowest BCUT2D eigenvalue weighted by molar-refractivity contribution is -0.0192. The fraction of sp³-hybridized carbons (Fsp3) is 0.652. The summed E-state index contributed by atoms with van der Waals surface area (Å²) >= 11 is 0. The largest absolute Gasteiger partial charge is 0.508 e. The molecule has 0 amide bonds. The van der Waals surface area contributed by atoms with Crippen LogP contribution in [0.15, 0.2) is 36.9 Å². The molecule has 1 aromatic carbocycles. The fourth-order valence-electron chi connectivity index (χ4n) is 6.85. The van der Waals surface area contributed by atoms with Gasteiger partial charge in [0, 0.05) is 0 Å². The van der Waals surface area contributed by atoms with Crippen LogP contribution in [0.5, 0.6) is 5.75 Å². The molecule has 4 unspecified atom stereocenters. The molecule has 1 nitrogen and oxygen atoms in total. The van der Waals surface area contributed by atoms with Crippen molar-refractivity contribution < 1.29 is 5.11 Å². The highest BCUT2D eigenvalue weighted by Crippen LogP contribution is 2.76. The molecule has 132 valence electrons. The number of allylic oxidation sites excluding steroid dienone is 1. The molecule has 0 aliphatic heterocycles. The van der Waals surface area contributed by atoms with Gasteiger partial charge in [-0.25, -0.2) is 0 Å². The molecule has 2 saturated carbocycles. The van der Waals surface area contributed by atoms with Crippen molar-refractivity contribution in [1.29, 1.82) is 0 Å². The average Bonchev–Trinajstić information content (AvgIpc) is 2.65. The van der Waals surface area contributed by atoms with Gasteiger partial charge in [-0.15, -0.1) is 6.58 Å². The number of hydrogen-bond donors (Lipinski definition) is 1. The summed E-state index contributed by atoms with van der Waals surface area (Å²) in [4.78, 5) is 0. The lowest BCUT2D eigenvalue weighted by Gasteiger charge is -2.55. The van der Waals surface area contributed by atoms with E-state index >= 15 is 0 Å². The Kier molecular flexibility index (Phi) is 4.13. The Balaban J connectivity index is 2.24. The number of para-hydroxylation sites is 1. The van der Waals surface area contributed by atoms with E-state index in [1.807, 2.05) is 12.1 Å². The second kappa shape index (κ2) is 5.64. The van der Waals surface area contributed by atoms with Gasteiger partial charge < -0.3 is 5.11 Å². The zero-order chi connectivity index (χ0) is 17.8. The van der Waals surface area contributed by atoms with Crippen LogP contribution in [0.1, 0.15) is 71.8 Å². The number of fused-ring (bicyclic) bond motifs is 1. The topological polar surface area (TPSA) is 20.2 Å². The van der Waals surface area contributed by atoms with Crippen LogP contribution in [0.3, 0.4) is 0 Å². The van der Waals surface area contributed by atoms with Crippen LogP contribution in [-0.4, -0.2) is 5.11 Å². The molecule has 0 spiro atoms. The summed E-state index contributed by atoms with van der Waals surface area (Å²) in [5.74, 6) is 2.20. The van der Waals surface area contributed by atoms with E-state index in [1.165, 1.54) is 19.3 Å². The van der Waals surface area contributed by atoms with Crippen molar-refractivity contribution in [3.8, 4) is 5.75 Å². The quantitative estimate of drug-likeness (QED) is 0.625. The van der Waals surface area contributed by atoms with Crippen LogP contribution in [0.4, 0.5) is 0 Å². The molecule has 2 aliphatic rings. The Hall–Kier alpha value is -1.24. The predicted molar refractivity (Wildman–Crippen MR) is 102 cm³/mol. The number of phenolic OH excluding ortho intramolecular Hbond substituents is 1. The second-order valence-corrected chi connectivity index (χ2v) is 9.39. The monoisotopic (exact) mass is 326 g/mol. The maximum Gasteiger partial charge on any atom is 0.119 e. The van der Waals surface area contributed by atoms with Gasteiger partial charge in [-0.05, 0) is 64.9 Å². The van der Waals surface area contributed by atoms with E-state index in [0.717, 1.165) is 12.0 Å². The molecule has 4 atom stereocenters. The van der Waals surface area contributed by atoms with Crippen molar-refractivity contribution in [3.63, 3.8) is 0 Å². The normalized spacial score (nSPS) is 37.0.